The summed E-state index contributed by atoms with van der Waals surface area (Å²) in [6, 6.07) is 4.01. The SMILES string of the molecule is C=CCC(N)C(=O)Nc1cccc(C(=O)O)c1C. The topological polar surface area (TPSA) is 92.4 Å². The molecule has 1 aromatic rings. The molecule has 4 N–H and O–H groups in total. The van der Waals surface area contributed by atoms with Crippen LogP contribution in [0.1, 0.15) is 22.3 Å². The Morgan fingerprint density at radius 1 is 1.56 bits per heavy atom. The van der Waals surface area contributed by atoms with Gasteiger partial charge in [-0.15, -0.1) is 6.58 Å². The second-order valence-corrected chi connectivity index (χ2v) is 3.90. The van der Waals surface area contributed by atoms with Gasteiger partial charge in [-0.3, -0.25) is 4.79 Å². The summed E-state index contributed by atoms with van der Waals surface area (Å²) in [7, 11) is 0. The number of nitrogens with two attached hydrogens (primary N) is 1. The van der Waals surface area contributed by atoms with E-state index in [9.17, 15) is 9.59 Å². The first-order valence-electron chi connectivity index (χ1n) is 5.47. The van der Waals surface area contributed by atoms with Gasteiger partial charge >= 0.3 is 5.97 Å². The highest BCUT2D eigenvalue weighted by atomic mass is 16.4. The number of aromatic carboxylic acids is 1. The summed E-state index contributed by atoms with van der Waals surface area (Å²) in [5.74, 6) is -1.39. The van der Waals surface area contributed by atoms with Crippen molar-refractivity contribution in [1.82, 2.24) is 0 Å². The molecule has 0 aliphatic heterocycles. The number of carboxylic acids is 1. The molecule has 18 heavy (non-hydrogen) atoms. The van der Waals surface area contributed by atoms with Gasteiger partial charge in [0.15, 0.2) is 0 Å². The monoisotopic (exact) mass is 248 g/mol. The predicted molar refractivity (Wildman–Crippen MR) is 69.6 cm³/mol. The van der Waals surface area contributed by atoms with E-state index >= 15 is 0 Å². The summed E-state index contributed by atoms with van der Waals surface area (Å²) in [6.07, 6.45) is 1.92. The molecule has 0 aliphatic carbocycles. The first-order chi connectivity index (χ1) is 8.47. The first-order valence-corrected chi connectivity index (χ1v) is 5.47. The van der Waals surface area contributed by atoms with Crippen molar-refractivity contribution in [2.75, 3.05) is 5.32 Å². The van der Waals surface area contributed by atoms with Gasteiger partial charge < -0.3 is 16.2 Å². The summed E-state index contributed by atoms with van der Waals surface area (Å²) in [5.41, 5.74) is 6.74. The zero-order valence-corrected chi connectivity index (χ0v) is 10.1. The molecule has 0 fully saturated rings. The van der Waals surface area contributed by atoms with Crippen LogP contribution in [0.2, 0.25) is 0 Å². The lowest BCUT2D eigenvalue weighted by atomic mass is 10.1. The van der Waals surface area contributed by atoms with E-state index in [1.807, 2.05) is 0 Å². The van der Waals surface area contributed by atoms with E-state index in [4.69, 9.17) is 10.8 Å². The van der Waals surface area contributed by atoms with E-state index < -0.39 is 12.0 Å². The Bertz CT molecular complexity index is 483. The molecule has 0 radical (unpaired) electrons. The van der Waals surface area contributed by atoms with Crippen LogP contribution in [-0.2, 0) is 4.79 Å². The van der Waals surface area contributed by atoms with Crippen molar-refractivity contribution in [2.45, 2.75) is 19.4 Å². The van der Waals surface area contributed by atoms with Crippen LogP contribution in [0.3, 0.4) is 0 Å². The van der Waals surface area contributed by atoms with Gasteiger partial charge in [-0.1, -0.05) is 12.1 Å². The maximum atomic E-state index is 11.7. The maximum absolute atomic E-state index is 11.7. The highest BCUT2D eigenvalue weighted by Crippen LogP contribution is 2.19. The third kappa shape index (κ3) is 3.18. The third-order valence-electron chi connectivity index (χ3n) is 2.58. The molecule has 5 heteroatoms. The molecule has 0 saturated heterocycles. The number of rotatable bonds is 5. The summed E-state index contributed by atoms with van der Waals surface area (Å²) in [6.45, 7) is 5.14. The standard InChI is InChI=1S/C13H16N2O3/c1-3-5-10(14)12(16)15-11-7-4-6-9(8(11)2)13(17)18/h3-4,6-7,10H,1,5,14H2,2H3,(H,15,16)(H,17,18). The Morgan fingerprint density at radius 3 is 2.78 bits per heavy atom. The lowest BCUT2D eigenvalue weighted by molar-refractivity contribution is -0.117. The van der Waals surface area contributed by atoms with Crippen molar-refractivity contribution in [2.24, 2.45) is 5.73 Å². The minimum atomic E-state index is -1.03. The number of benzene rings is 1. The molecule has 0 bridgehead atoms. The third-order valence-corrected chi connectivity index (χ3v) is 2.58. The van der Waals surface area contributed by atoms with Gasteiger partial charge in [0.1, 0.15) is 0 Å². The van der Waals surface area contributed by atoms with Crippen molar-refractivity contribution in [3.63, 3.8) is 0 Å². The number of carbonyl (C=O) groups is 2. The Labute approximate surface area is 105 Å². The van der Waals surface area contributed by atoms with Crippen LogP contribution < -0.4 is 11.1 Å². The molecule has 1 rings (SSSR count). The minimum absolute atomic E-state index is 0.157. The summed E-state index contributed by atoms with van der Waals surface area (Å²) >= 11 is 0. The first kappa shape index (κ1) is 13.9. The van der Waals surface area contributed by atoms with Crippen molar-refractivity contribution < 1.29 is 14.7 Å². The van der Waals surface area contributed by atoms with Crippen LogP contribution >= 0.6 is 0 Å². The number of hydrogen-bond donors (Lipinski definition) is 3. The maximum Gasteiger partial charge on any atom is 0.336 e. The summed E-state index contributed by atoms with van der Waals surface area (Å²) in [4.78, 5) is 22.6. The highest BCUT2D eigenvalue weighted by molar-refractivity contribution is 5.98. The van der Waals surface area contributed by atoms with Gasteiger partial charge in [-0.2, -0.15) is 0 Å². The Kier molecular flexibility index (Phi) is 4.62. The van der Waals surface area contributed by atoms with Crippen molar-refractivity contribution in [3.05, 3.63) is 42.0 Å². The molecule has 1 atom stereocenters. The van der Waals surface area contributed by atoms with E-state index in [1.54, 1.807) is 25.1 Å². The molecular formula is C13H16N2O3. The molecule has 5 nitrogen and oxygen atoms in total. The normalized spacial score (nSPS) is 11.7. The summed E-state index contributed by atoms with van der Waals surface area (Å²) in [5, 5.41) is 11.6. The van der Waals surface area contributed by atoms with Crippen molar-refractivity contribution >= 4 is 17.6 Å². The molecule has 0 aliphatic rings. The van der Waals surface area contributed by atoms with E-state index in [2.05, 4.69) is 11.9 Å². The fourth-order valence-electron chi connectivity index (χ4n) is 1.51. The zero-order valence-electron chi connectivity index (χ0n) is 10.1. The molecule has 1 amide bonds. The van der Waals surface area contributed by atoms with Gasteiger partial charge in [-0.05, 0) is 31.0 Å². The van der Waals surface area contributed by atoms with Gasteiger partial charge in [0.05, 0.1) is 11.6 Å². The van der Waals surface area contributed by atoms with Crippen LogP contribution in [0.25, 0.3) is 0 Å². The lowest BCUT2D eigenvalue weighted by Gasteiger charge is -2.13. The molecule has 0 aromatic heterocycles. The van der Waals surface area contributed by atoms with Crippen LogP contribution in [0, 0.1) is 6.92 Å². The van der Waals surface area contributed by atoms with Crippen LogP contribution in [-0.4, -0.2) is 23.0 Å². The Morgan fingerprint density at radius 2 is 2.22 bits per heavy atom. The molecule has 1 unspecified atom stereocenters. The zero-order chi connectivity index (χ0) is 13.7. The fraction of sp³-hybridized carbons (Fsp3) is 0.231. The van der Waals surface area contributed by atoms with Crippen LogP contribution in [0.5, 0.6) is 0 Å². The Balaban J connectivity index is 2.92. The number of nitrogens with one attached hydrogen (secondary N) is 1. The molecular weight excluding hydrogens is 232 g/mol. The van der Waals surface area contributed by atoms with E-state index in [-0.39, 0.29) is 11.5 Å². The van der Waals surface area contributed by atoms with Crippen LogP contribution in [0.4, 0.5) is 5.69 Å². The average molecular weight is 248 g/mol. The van der Waals surface area contributed by atoms with Gasteiger partial charge in [0.2, 0.25) is 5.91 Å². The predicted octanol–water partition coefficient (Wildman–Crippen LogP) is 1.54. The van der Waals surface area contributed by atoms with Crippen molar-refractivity contribution in [3.8, 4) is 0 Å². The van der Waals surface area contributed by atoms with Gasteiger partial charge in [0, 0.05) is 5.69 Å². The van der Waals surface area contributed by atoms with Crippen molar-refractivity contribution in [1.29, 1.82) is 0 Å². The number of carbonyl (C=O) groups excluding carboxylic acids is 1. The second-order valence-electron chi connectivity index (χ2n) is 3.90. The number of amides is 1. The van der Waals surface area contributed by atoms with E-state index in [0.29, 0.717) is 17.7 Å². The molecule has 0 spiro atoms. The van der Waals surface area contributed by atoms with Gasteiger partial charge in [-0.25, -0.2) is 4.79 Å². The van der Waals surface area contributed by atoms with E-state index in [0.717, 1.165) is 0 Å². The highest BCUT2D eigenvalue weighted by Gasteiger charge is 2.15. The van der Waals surface area contributed by atoms with Crippen LogP contribution in [0.15, 0.2) is 30.9 Å². The lowest BCUT2D eigenvalue weighted by Crippen LogP contribution is -2.35. The number of hydrogen-bond acceptors (Lipinski definition) is 3. The smallest absolute Gasteiger partial charge is 0.336 e. The molecule has 0 heterocycles. The molecule has 1 aromatic carbocycles. The largest absolute Gasteiger partial charge is 0.478 e. The van der Waals surface area contributed by atoms with Gasteiger partial charge in [0.25, 0.3) is 0 Å². The number of carboxylic acid groups (broad SMARTS) is 1. The number of anilines is 1. The molecule has 0 saturated carbocycles. The quantitative estimate of drug-likeness (QED) is 0.689. The minimum Gasteiger partial charge on any atom is -0.478 e. The average Bonchev–Trinajstić information content (AvgIpc) is 2.31. The fourth-order valence-corrected chi connectivity index (χ4v) is 1.51. The Hall–Kier alpha value is -2.14. The summed E-state index contributed by atoms with van der Waals surface area (Å²) < 4.78 is 0. The molecule has 96 valence electrons. The van der Waals surface area contributed by atoms with E-state index in [1.165, 1.54) is 6.07 Å². The second kappa shape index (κ2) is 5.97.